The maximum atomic E-state index is 12.4. The Labute approximate surface area is 191 Å². The second-order valence-electron chi connectivity index (χ2n) is 6.96. The molecule has 0 unspecified atom stereocenters. The normalized spacial score (nSPS) is 15.9. The largest absolute Gasteiger partial charge is 0.493 e. The number of rotatable bonds is 8. The van der Waals surface area contributed by atoms with Crippen LogP contribution in [0.2, 0.25) is 10.0 Å². The van der Waals surface area contributed by atoms with Gasteiger partial charge in [0.2, 0.25) is 0 Å². The lowest BCUT2D eigenvalue weighted by atomic mass is 10.1. The Bertz CT molecular complexity index is 994. The third kappa shape index (κ3) is 6.38. The minimum Gasteiger partial charge on any atom is -0.493 e. The second-order valence-corrected chi connectivity index (χ2v) is 7.81. The first-order valence-electron chi connectivity index (χ1n) is 9.76. The van der Waals surface area contributed by atoms with E-state index in [-0.39, 0.29) is 18.3 Å². The molecule has 2 aromatic carbocycles. The van der Waals surface area contributed by atoms with Crippen molar-refractivity contribution in [1.82, 2.24) is 5.32 Å². The average molecular weight is 461 g/mol. The van der Waals surface area contributed by atoms with Gasteiger partial charge in [0.15, 0.2) is 11.5 Å². The van der Waals surface area contributed by atoms with E-state index in [0.29, 0.717) is 40.3 Å². The van der Waals surface area contributed by atoms with Gasteiger partial charge in [-0.05, 0) is 54.3 Å². The molecule has 1 N–H and O–H groups in total. The Kier molecular flexibility index (Phi) is 8.19. The topological polar surface area (TPSA) is 80.6 Å². The van der Waals surface area contributed by atoms with Gasteiger partial charge in [-0.1, -0.05) is 35.3 Å². The SMILES string of the molecule is COc1cc(/C=C(\C#N)C(=O)NC[C@H]2CCCO2)cc(Cl)c1OCc1ccc(Cl)cc1. The van der Waals surface area contributed by atoms with Crippen molar-refractivity contribution in [3.05, 3.63) is 63.1 Å². The van der Waals surface area contributed by atoms with Gasteiger partial charge in [-0.25, -0.2) is 0 Å². The molecule has 1 aliphatic heterocycles. The number of carbonyl (C=O) groups excluding carboxylic acids is 1. The summed E-state index contributed by atoms with van der Waals surface area (Å²) in [4.78, 5) is 12.4. The molecule has 1 fully saturated rings. The highest BCUT2D eigenvalue weighted by molar-refractivity contribution is 6.32. The molecule has 8 heteroatoms. The monoisotopic (exact) mass is 460 g/mol. The van der Waals surface area contributed by atoms with Crippen LogP contribution >= 0.6 is 23.2 Å². The van der Waals surface area contributed by atoms with Crippen LogP contribution in [-0.4, -0.2) is 32.3 Å². The van der Waals surface area contributed by atoms with Gasteiger partial charge in [-0.15, -0.1) is 0 Å². The maximum Gasteiger partial charge on any atom is 0.262 e. The molecule has 0 aliphatic carbocycles. The molecule has 31 heavy (non-hydrogen) atoms. The van der Waals surface area contributed by atoms with E-state index in [2.05, 4.69) is 5.32 Å². The van der Waals surface area contributed by atoms with Crippen molar-refractivity contribution in [3.63, 3.8) is 0 Å². The number of amides is 1. The van der Waals surface area contributed by atoms with Gasteiger partial charge in [-0.3, -0.25) is 4.79 Å². The fourth-order valence-corrected chi connectivity index (χ4v) is 3.52. The molecule has 6 nitrogen and oxygen atoms in total. The molecule has 0 saturated carbocycles. The lowest BCUT2D eigenvalue weighted by Crippen LogP contribution is -2.32. The number of methoxy groups -OCH3 is 1. The highest BCUT2D eigenvalue weighted by Gasteiger charge is 2.18. The Morgan fingerprint density at radius 2 is 2.10 bits per heavy atom. The van der Waals surface area contributed by atoms with E-state index >= 15 is 0 Å². The minimum absolute atomic E-state index is 0.00416. The van der Waals surface area contributed by atoms with Gasteiger partial charge >= 0.3 is 0 Å². The second kappa shape index (κ2) is 11.1. The van der Waals surface area contributed by atoms with Crippen LogP contribution in [-0.2, 0) is 16.1 Å². The average Bonchev–Trinajstić information content (AvgIpc) is 3.29. The zero-order chi connectivity index (χ0) is 22.2. The van der Waals surface area contributed by atoms with E-state index in [9.17, 15) is 10.1 Å². The van der Waals surface area contributed by atoms with Gasteiger partial charge < -0.3 is 19.5 Å². The van der Waals surface area contributed by atoms with Crippen LogP contribution in [0.4, 0.5) is 0 Å². The highest BCUT2D eigenvalue weighted by atomic mass is 35.5. The summed E-state index contributed by atoms with van der Waals surface area (Å²) in [5.41, 5.74) is 1.43. The highest BCUT2D eigenvalue weighted by Crippen LogP contribution is 2.37. The summed E-state index contributed by atoms with van der Waals surface area (Å²) in [5, 5.41) is 13.1. The number of nitrogens with one attached hydrogen (secondary N) is 1. The molecular formula is C23H22Cl2N2O4. The van der Waals surface area contributed by atoms with Gasteiger partial charge in [0.1, 0.15) is 18.2 Å². The fraction of sp³-hybridized carbons (Fsp3) is 0.304. The summed E-state index contributed by atoms with van der Waals surface area (Å²) in [6.07, 6.45) is 3.33. The van der Waals surface area contributed by atoms with Crippen LogP contribution in [0.15, 0.2) is 42.0 Å². The van der Waals surface area contributed by atoms with Crippen LogP contribution in [0, 0.1) is 11.3 Å². The summed E-state index contributed by atoms with van der Waals surface area (Å²) in [5.74, 6) is 0.304. The van der Waals surface area contributed by atoms with E-state index in [1.54, 1.807) is 24.3 Å². The summed E-state index contributed by atoms with van der Waals surface area (Å²) < 4.78 is 16.7. The molecule has 1 heterocycles. The van der Waals surface area contributed by atoms with Gasteiger partial charge in [0.05, 0.1) is 18.2 Å². The number of carbonyl (C=O) groups is 1. The summed E-state index contributed by atoms with van der Waals surface area (Å²) >= 11 is 12.3. The van der Waals surface area contributed by atoms with Crippen LogP contribution in [0.3, 0.4) is 0 Å². The first kappa shape index (κ1) is 23.0. The first-order chi connectivity index (χ1) is 15.0. The molecule has 2 aromatic rings. The van der Waals surface area contributed by atoms with Gasteiger partial charge in [0, 0.05) is 18.2 Å². The third-order valence-corrected chi connectivity index (χ3v) is 5.27. The van der Waals surface area contributed by atoms with Crippen molar-refractivity contribution in [2.75, 3.05) is 20.3 Å². The molecule has 1 saturated heterocycles. The Morgan fingerprint density at radius 3 is 2.74 bits per heavy atom. The number of halogens is 2. The van der Waals surface area contributed by atoms with Gasteiger partial charge in [-0.2, -0.15) is 5.26 Å². The van der Waals surface area contributed by atoms with Crippen molar-refractivity contribution in [1.29, 1.82) is 5.26 Å². The molecule has 0 spiro atoms. The standard InChI is InChI=1S/C23H22Cl2N2O4/c1-29-21-11-16(9-17(12-26)23(28)27-13-19-3-2-8-30-19)10-20(25)22(21)31-14-15-4-6-18(24)7-5-15/h4-7,9-11,19H,2-3,8,13-14H2,1H3,(H,27,28)/b17-9+/t19-/m1/s1. The van der Waals surface area contributed by atoms with Crippen molar-refractivity contribution >= 4 is 35.2 Å². The number of nitriles is 1. The van der Waals surface area contributed by atoms with E-state index in [0.717, 1.165) is 18.4 Å². The van der Waals surface area contributed by atoms with Crippen molar-refractivity contribution in [3.8, 4) is 17.6 Å². The van der Waals surface area contributed by atoms with Crippen LogP contribution in [0.5, 0.6) is 11.5 Å². The quantitative estimate of drug-likeness (QED) is 0.452. The van der Waals surface area contributed by atoms with Crippen LogP contribution in [0.25, 0.3) is 6.08 Å². The molecule has 1 aliphatic rings. The number of benzene rings is 2. The summed E-state index contributed by atoms with van der Waals surface area (Å²) in [6.45, 7) is 1.35. The van der Waals surface area contributed by atoms with E-state index < -0.39 is 5.91 Å². The maximum absolute atomic E-state index is 12.4. The lowest BCUT2D eigenvalue weighted by molar-refractivity contribution is -0.117. The molecule has 0 radical (unpaired) electrons. The summed E-state index contributed by atoms with van der Waals surface area (Å²) in [7, 11) is 1.49. The number of ether oxygens (including phenoxy) is 3. The Hall–Kier alpha value is -2.72. The predicted molar refractivity (Wildman–Crippen MR) is 119 cm³/mol. The fourth-order valence-electron chi connectivity index (χ4n) is 3.12. The molecule has 0 bridgehead atoms. The lowest BCUT2D eigenvalue weighted by Gasteiger charge is -2.14. The summed E-state index contributed by atoms with van der Waals surface area (Å²) in [6, 6.07) is 12.5. The predicted octanol–water partition coefficient (Wildman–Crippen LogP) is 4.78. The van der Waals surface area contributed by atoms with Gasteiger partial charge in [0.25, 0.3) is 5.91 Å². The first-order valence-corrected chi connectivity index (χ1v) is 10.5. The Balaban J connectivity index is 1.73. The van der Waals surface area contributed by atoms with Crippen LogP contribution < -0.4 is 14.8 Å². The van der Waals surface area contributed by atoms with Crippen molar-refractivity contribution in [2.45, 2.75) is 25.6 Å². The molecule has 3 rings (SSSR count). The van der Waals surface area contributed by atoms with Crippen molar-refractivity contribution in [2.24, 2.45) is 0 Å². The van der Waals surface area contributed by atoms with E-state index in [4.69, 9.17) is 37.4 Å². The molecule has 162 valence electrons. The molecule has 1 atom stereocenters. The number of nitrogens with zero attached hydrogens (tertiary/aromatic N) is 1. The number of hydrogen-bond donors (Lipinski definition) is 1. The van der Waals surface area contributed by atoms with E-state index in [1.807, 2.05) is 18.2 Å². The number of hydrogen-bond acceptors (Lipinski definition) is 5. The van der Waals surface area contributed by atoms with Crippen molar-refractivity contribution < 1.29 is 19.0 Å². The third-order valence-electron chi connectivity index (χ3n) is 4.74. The zero-order valence-electron chi connectivity index (χ0n) is 17.0. The van der Waals surface area contributed by atoms with E-state index in [1.165, 1.54) is 13.2 Å². The minimum atomic E-state index is -0.462. The molecular weight excluding hydrogens is 439 g/mol. The Morgan fingerprint density at radius 1 is 1.32 bits per heavy atom. The molecule has 1 amide bonds. The van der Waals surface area contributed by atoms with Crippen LogP contribution in [0.1, 0.15) is 24.0 Å². The smallest absolute Gasteiger partial charge is 0.262 e. The molecule has 0 aromatic heterocycles. The zero-order valence-corrected chi connectivity index (χ0v) is 18.5.